The standard InChI is InChI=1S/C20H13NO4/c1-24-20(23)17-10-15-4-2-3-5-16(15)11-18(17)25-19(22)14-8-6-13(12-21)7-9-14/h2-11H,1H3. The first-order valence-corrected chi connectivity index (χ1v) is 7.46. The van der Waals surface area contributed by atoms with Crippen LogP contribution in [0.2, 0.25) is 0 Å². The summed E-state index contributed by atoms with van der Waals surface area (Å²) in [5.74, 6) is -1.08. The van der Waals surface area contributed by atoms with Crippen molar-refractivity contribution in [3.63, 3.8) is 0 Å². The van der Waals surface area contributed by atoms with Gasteiger partial charge in [-0.2, -0.15) is 5.26 Å². The molecule has 0 aliphatic heterocycles. The molecule has 0 aromatic heterocycles. The molecule has 0 atom stereocenters. The molecule has 122 valence electrons. The van der Waals surface area contributed by atoms with E-state index in [1.54, 1.807) is 12.1 Å². The fraction of sp³-hybridized carbons (Fsp3) is 0.0500. The average molecular weight is 331 g/mol. The van der Waals surface area contributed by atoms with E-state index in [0.29, 0.717) is 5.56 Å². The monoisotopic (exact) mass is 331 g/mol. The Kier molecular flexibility index (Phi) is 4.44. The van der Waals surface area contributed by atoms with Crippen molar-refractivity contribution in [2.75, 3.05) is 7.11 Å². The molecule has 5 heteroatoms. The number of nitriles is 1. The van der Waals surface area contributed by atoms with Gasteiger partial charge in [-0.3, -0.25) is 0 Å². The van der Waals surface area contributed by atoms with Gasteiger partial charge in [-0.15, -0.1) is 0 Å². The summed E-state index contributed by atoms with van der Waals surface area (Å²) in [6.45, 7) is 0. The summed E-state index contributed by atoms with van der Waals surface area (Å²) in [5.41, 5.74) is 0.892. The first-order chi connectivity index (χ1) is 12.1. The summed E-state index contributed by atoms with van der Waals surface area (Å²) in [7, 11) is 1.27. The second kappa shape index (κ2) is 6.85. The highest BCUT2D eigenvalue weighted by molar-refractivity contribution is 6.00. The first kappa shape index (κ1) is 16.2. The fourth-order valence-corrected chi connectivity index (χ4v) is 2.41. The van der Waals surface area contributed by atoms with Crippen LogP contribution in [0.1, 0.15) is 26.3 Å². The van der Waals surface area contributed by atoms with Crippen LogP contribution in [0.15, 0.2) is 60.7 Å². The Morgan fingerprint density at radius 2 is 1.56 bits per heavy atom. The van der Waals surface area contributed by atoms with Gasteiger partial charge in [-0.1, -0.05) is 24.3 Å². The largest absolute Gasteiger partial charge is 0.465 e. The Morgan fingerprint density at radius 3 is 2.16 bits per heavy atom. The molecule has 3 aromatic rings. The number of carbonyl (C=O) groups is 2. The van der Waals surface area contributed by atoms with Gasteiger partial charge in [0.25, 0.3) is 0 Å². The maximum atomic E-state index is 12.4. The summed E-state index contributed by atoms with van der Waals surface area (Å²) in [6, 6.07) is 18.7. The Morgan fingerprint density at radius 1 is 0.920 bits per heavy atom. The molecule has 0 heterocycles. The van der Waals surface area contributed by atoms with Crippen molar-refractivity contribution in [1.29, 1.82) is 5.26 Å². The summed E-state index contributed by atoms with van der Waals surface area (Å²) < 4.78 is 10.2. The van der Waals surface area contributed by atoms with E-state index in [9.17, 15) is 9.59 Å². The third-order valence-corrected chi connectivity index (χ3v) is 3.71. The Labute approximate surface area is 144 Å². The zero-order chi connectivity index (χ0) is 17.8. The minimum absolute atomic E-state index is 0.125. The van der Waals surface area contributed by atoms with Gasteiger partial charge in [-0.25, -0.2) is 9.59 Å². The third kappa shape index (κ3) is 3.33. The fourth-order valence-electron chi connectivity index (χ4n) is 2.41. The number of nitrogens with zero attached hydrogens (tertiary/aromatic N) is 1. The minimum atomic E-state index is -0.620. The summed E-state index contributed by atoms with van der Waals surface area (Å²) >= 11 is 0. The van der Waals surface area contributed by atoms with Crippen LogP contribution in [0.25, 0.3) is 10.8 Å². The molecule has 25 heavy (non-hydrogen) atoms. The molecular weight excluding hydrogens is 318 g/mol. The van der Waals surface area contributed by atoms with Crippen LogP contribution >= 0.6 is 0 Å². The molecule has 0 aliphatic rings. The summed E-state index contributed by atoms with van der Waals surface area (Å²) in [6.07, 6.45) is 0. The molecule has 0 saturated heterocycles. The number of methoxy groups -OCH3 is 1. The molecule has 3 aromatic carbocycles. The Bertz CT molecular complexity index is 1000. The highest BCUT2D eigenvalue weighted by atomic mass is 16.5. The molecule has 0 radical (unpaired) electrons. The van der Waals surface area contributed by atoms with Crippen LogP contribution in [-0.2, 0) is 4.74 Å². The number of rotatable bonds is 3. The molecule has 0 saturated carbocycles. The van der Waals surface area contributed by atoms with E-state index < -0.39 is 11.9 Å². The number of carbonyl (C=O) groups excluding carboxylic acids is 2. The lowest BCUT2D eigenvalue weighted by molar-refractivity contribution is 0.0593. The number of fused-ring (bicyclic) bond motifs is 1. The van der Waals surface area contributed by atoms with E-state index >= 15 is 0 Å². The van der Waals surface area contributed by atoms with Crippen molar-refractivity contribution in [2.45, 2.75) is 0 Å². The van der Waals surface area contributed by atoms with Crippen molar-refractivity contribution in [3.8, 4) is 11.8 Å². The molecule has 5 nitrogen and oxygen atoms in total. The second-order valence-electron chi connectivity index (χ2n) is 5.27. The molecule has 0 amide bonds. The van der Waals surface area contributed by atoms with E-state index in [4.69, 9.17) is 14.7 Å². The lowest BCUT2D eigenvalue weighted by atomic mass is 10.1. The molecule has 0 fully saturated rings. The Hall–Kier alpha value is -3.65. The highest BCUT2D eigenvalue weighted by Crippen LogP contribution is 2.27. The number of ether oxygens (including phenoxy) is 2. The van der Waals surface area contributed by atoms with Crippen molar-refractivity contribution in [2.24, 2.45) is 0 Å². The topological polar surface area (TPSA) is 76.4 Å². The average Bonchev–Trinajstić information content (AvgIpc) is 2.66. The molecule has 0 N–H and O–H groups in total. The zero-order valence-corrected chi connectivity index (χ0v) is 13.4. The van der Waals surface area contributed by atoms with E-state index in [0.717, 1.165) is 10.8 Å². The molecule has 0 spiro atoms. The van der Waals surface area contributed by atoms with Crippen LogP contribution in [0.4, 0.5) is 0 Å². The Balaban J connectivity index is 1.99. The molecule has 0 bridgehead atoms. The van der Waals surface area contributed by atoms with Crippen molar-refractivity contribution in [3.05, 3.63) is 77.4 Å². The predicted octanol–water partition coefficient (Wildman–Crippen LogP) is 3.72. The highest BCUT2D eigenvalue weighted by Gasteiger charge is 2.18. The maximum Gasteiger partial charge on any atom is 0.343 e. The van der Waals surface area contributed by atoms with Gasteiger partial charge >= 0.3 is 11.9 Å². The van der Waals surface area contributed by atoms with Crippen molar-refractivity contribution >= 4 is 22.7 Å². The van der Waals surface area contributed by atoms with E-state index in [-0.39, 0.29) is 16.9 Å². The maximum absolute atomic E-state index is 12.4. The summed E-state index contributed by atoms with van der Waals surface area (Å²) in [5, 5.41) is 10.5. The van der Waals surface area contributed by atoms with Crippen LogP contribution in [0.5, 0.6) is 5.75 Å². The first-order valence-electron chi connectivity index (χ1n) is 7.46. The van der Waals surface area contributed by atoms with Crippen LogP contribution in [-0.4, -0.2) is 19.0 Å². The lowest BCUT2D eigenvalue weighted by Crippen LogP contribution is -2.12. The SMILES string of the molecule is COC(=O)c1cc2ccccc2cc1OC(=O)c1ccc(C#N)cc1. The molecular formula is C20H13NO4. The predicted molar refractivity (Wildman–Crippen MR) is 91.4 cm³/mol. The van der Waals surface area contributed by atoms with Gasteiger partial charge in [0.05, 0.1) is 24.3 Å². The molecule has 3 rings (SSSR count). The van der Waals surface area contributed by atoms with Gasteiger partial charge in [0.2, 0.25) is 0 Å². The van der Waals surface area contributed by atoms with Crippen LogP contribution < -0.4 is 4.74 Å². The molecule has 0 unspecified atom stereocenters. The number of hydrogen-bond acceptors (Lipinski definition) is 5. The quantitative estimate of drug-likeness (QED) is 0.540. The minimum Gasteiger partial charge on any atom is -0.465 e. The second-order valence-corrected chi connectivity index (χ2v) is 5.27. The van der Waals surface area contributed by atoms with Crippen molar-refractivity contribution < 1.29 is 19.1 Å². The van der Waals surface area contributed by atoms with E-state index in [1.165, 1.54) is 31.4 Å². The number of esters is 2. The van der Waals surface area contributed by atoms with Crippen LogP contribution in [0.3, 0.4) is 0 Å². The van der Waals surface area contributed by atoms with Gasteiger partial charge in [-0.05, 0) is 47.2 Å². The van der Waals surface area contributed by atoms with E-state index in [2.05, 4.69) is 0 Å². The van der Waals surface area contributed by atoms with Gasteiger partial charge in [0.1, 0.15) is 11.3 Å². The van der Waals surface area contributed by atoms with Crippen molar-refractivity contribution in [1.82, 2.24) is 0 Å². The normalized spacial score (nSPS) is 10.1. The third-order valence-electron chi connectivity index (χ3n) is 3.71. The number of benzene rings is 3. The lowest BCUT2D eigenvalue weighted by Gasteiger charge is -2.11. The van der Waals surface area contributed by atoms with Crippen LogP contribution in [0, 0.1) is 11.3 Å². The zero-order valence-electron chi connectivity index (χ0n) is 13.4. The number of hydrogen-bond donors (Lipinski definition) is 0. The van der Waals surface area contributed by atoms with Gasteiger partial charge < -0.3 is 9.47 Å². The smallest absolute Gasteiger partial charge is 0.343 e. The van der Waals surface area contributed by atoms with Gasteiger partial charge in [0.15, 0.2) is 0 Å². The summed E-state index contributed by atoms with van der Waals surface area (Å²) in [4.78, 5) is 24.4. The molecule has 0 aliphatic carbocycles. The van der Waals surface area contributed by atoms with Gasteiger partial charge in [0, 0.05) is 0 Å². The van der Waals surface area contributed by atoms with E-state index in [1.807, 2.05) is 30.3 Å².